The molecule has 0 aliphatic carbocycles. The summed E-state index contributed by atoms with van der Waals surface area (Å²) >= 11 is 0.236. The highest BCUT2D eigenvalue weighted by atomic mass is 127. The third kappa shape index (κ3) is 6.40. The quantitative estimate of drug-likeness (QED) is 0.267. The Morgan fingerprint density at radius 2 is 1.61 bits per heavy atom. The van der Waals surface area contributed by atoms with E-state index in [1.165, 1.54) is 3.57 Å². The molecule has 0 unspecified atom stereocenters. The van der Waals surface area contributed by atoms with Gasteiger partial charge in [-0.1, -0.05) is 0 Å². The summed E-state index contributed by atoms with van der Waals surface area (Å²) in [5, 5.41) is 0. The van der Waals surface area contributed by atoms with Crippen LogP contribution in [0.25, 0.3) is 0 Å². The Kier molecular flexibility index (Phi) is 6.92. The Labute approximate surface area is 113 Å². The van der Waals surface area contributed by atoms with Crippen LogP contribution in [0.15, 0.2) is 24.3 Å². The van der Waals surface area contributed by atoms with Gasteiger partial charge in [0.1, 0.15) is 10.7 Å². The average Bonchev–Trinajstić information content (AvgIpc) is 2.27. The van der Waals surface area contributed by atoms with Crippen LogP contribution in [-0.2, 0) is 10.1 Å². The first-order valence-corrected chi connectivity index (χ1v) is 8.92. The molecule has 1 aromatic rings. The molecule has 0 heterocycles. The van der Waals surface area contributed by atoms with Crippen molar-refractivity contribution < 1.29 is 52.1 Å². The zero-order chi connectivity index (χ0) is 14.4. The van der Waals surface area contributed by atoms with Gasteiger partial charge in [-0.25, -0.2) is 8.42 Å². The van der Waals surface area contributed by atoms with Gasteiger partial charge in [-0.3, -0.25) is 0 Å². The zero-order valence-corrected chi connectivity index (χ0v) is 12.3. The lowest BCUT2D eigenvalue weighted by atomic mass is 10.3. The summed E-state index contributed by atoms with van der Waals surface area (Å²) in [5.41, 5.74) is -5.65. The minimum absolute atomic E-state index is 0.236. The van der Waals surface area contributed by atoms with Crippen LogP contribution in [0.2, 0.25) is 0 Å². The summed E-state index contributed by atoms with van der Waals surface area (Å²) in [5.74, 6) is 0.946. The van der Waals surface area contributed by atoms with Crippen LogP contribution in [0.3, 0.4) is 0 Å². The lowest BCUT2D eigenvalue weighted by molar-refractivity contribution is -0.597. The lowest BCUT2D eigenvalue weighted by Crippen LogP contribution is -3.60. The number of benzene rings is 1. The number of alkyl halides is 4. The summed E-state index contributed by atoms with van der Waals surface area (Å²) in [6.07, 6.45) is 0. The van der Waals surface area contributed by atoms with Crippen molar-refractivity contribution in [2.75, 3.05) is 12.0 Å². The van der Waals surface area contributed by atoms with Gasteiger partial charge in [-0.15, -0.1) is 0 Å². The van der Waals surface area contributed by atoms with Crippen molar-refractivity contribution in [3.8, 4) is 5.75 Å². The largest absolute Gasteiger partial charge is 0.741 e. The fourth-order valence-corrected chi connectivity index (χ4v) is 1.78. The molecule has 1 aromatic carbocycles. The van der Waals surface area contributed by atoms with Crippen molar-refractivity contribution >= 4 is 10.1 Å². The van der Waals surface area contributed by atoms with Crippen molar-refractivity contribution in [2.24, 2.45) is 0 Å². The molecular weight excluding hydrogens is 388 g/mol. The maximum atomic E-state index is 10.7. The molecule has 0 aromatic heterocycles. The predicted octanol–water partition coefficient (Wildman–Crippen LogP) is -1.36. The zero-order valence-electron chi connectivity index (χ0n) is 9.36. The van der Waals surface area contributed by atoms with Gasteiger partial charge in [0.25, 0.3) is 0 Å². The van der Waals surface area contributed by atoms with Crippen LogP contribution in [0.5, 0.6) is 5.75 Å². The second kappa shape index (κ2) is 7.14. The molecule has 1 rings (SSSR count). The third-order valence-corrected chi connectivity index (χ3v) is 4.08. The molecule has 0 saturated heterocycles. The summed E-state index contributed by atoms with van der Waals surface area (Å²) in [6.45, 7) is 0. The van der Waals surface area contributed by atoms with Gasteiger partial charge in [-0.05, 0) is 24.3 Å². The van der Waals surface area contributed by atoms with Gasteiger partial charge in [0.05, 0.1) is 7.11 Å². The van der Waals surface area contributed by atoms with E-state index in [1.54, 1.807) is 7.11 Å². The maximum Gasteiger partial charge on any atom is 0.485 e. The molecule has 0 N–H and O–H groups in total. The van der Waals surface area contributed by atoms with Crippen LogP contribution < -0.4 is 25.9 Å². The molecule has 9 heteroatoms. The second-order valence-electron chi connectivity index (χ2n) is 2.75. The molecule has 0 atom stereocenters. The van der Waals surface area contributed by atoms with Crippen LogP contribution >= 0.6 is 0 Å². The van der Waals surface area contributed by atoms with Crippen molar-refractivity contribution in [3.63, 3.8) is 0 Å². The van der Waals surface area contributed by atoms with Gasteiger partial charge < -0.3 is 9.29 Å². The molecule has 104 valence electrons. The normalized spacial score (nSPS) is 11.4. The molecule has 0 saturated carbocycles. The highest BCUT2D eigenvalue weighted by molar-refractivity contribution is 7.86. The van der Waals surface area contributed by atoms with Crippen molar-refractivity contribution in [1.29, 1.82) is 0 Å². The van der Waals surface area contributed by atoms with Crippen LogP contribution in [0, 0.1) is 3.57 Å². The monoisotopic (exact) mass is 398 g/mol. The third-order valence-electron chi connectivity index (χ3n) is 1.55. The van der Waals surface area contributed by atoms with E-state index in [1.807, 2.05) is 12.1 Å². The van der Waals surface area contributed by atoms with E-state index < -0.39 is 15.6 Å². The molecule has 4 nitrogen and oxygen atoms in total. The summed E-state index contributed by atoms with van der Waals surface area (Å²) < 4.78 is 65.4. The van der Waals surface area contributed by atoms with Crippen molar-refractivity contribution in [3.05, 3.63) is 27.8 Å². The van der Waals surface area contributed by atoms with E-state index >= 15 is 0 Å². The molecule has 0 amide bonds. The Morgan fingerprint density at radius 3 is 1.83 bits per heavy atom. The second-order valence-corrected chi connectivity index (χ2v) is 6.44. The highest BCUT2D eigenvalue weighted by Crippen LogP contribution is 2.20. The average molecular weight is 398 g/mol. The minimum Gasteiger partial charge on any atom is -0.741 e. The van der Waals surface area contributed by atoms with E-state index in [9.17, 15) is 13.2 Å². The maximum absolute atomic E-state index is 10.7. The first kappa shape index (κ1) is 17.4. The van der Waals surface area contributed by atoms with E-state index in [2.05, 4.69) is 17.1 Å². The van der Waals surface area contributed by atoms with Crippen LogP contribution in [0.4, 0.5) is 13.2 Å². The van der Waals surface area contributed by atoms with E-state index in [0.717, 1.165) is 5.75 Å². The molecule has 0 bridgehead atoms. The summed E-state index contributed by atoms with van der Waals surface area (Å²) in [4.78, 5) is 2.25. The molecule has 0 aliphatic heterocycles. The Morgan fingerprint density at radius 1 is 1.22 bits per heavy atom. The first-order chi connectivity index (χ1) is 8.11. The standard InChI is InChI=1S/C8H10IO.CHF3O3S/c1-9-7-3-5-8(10-2)6-4-7;2-1(3,4)8(5,6)7/h3-6H,1-2H3;(H,5,6,7)/q+1;/p-1. The smallest absolute Gasteiger partial charge is 0.485 e. The van der Waals surface area contributed by atoms with Crippen LogP contribution in [-0.4, -0.2) is 30.5 Å². The van der Waals surface area contributed by atoms with Crippen LogP contribution in [0.1, 0.15) is 0 Å². The van der Waals surface area contributed by atoms with E-state index in [0.29, 0.717) is 0 Å². The van der Waals surface area contributed by atoms with Gasteiger partial charge >= 0.3 is 26.7 Å². The highest BCUT2D eigenvalue weighted by Gasteiger charge is 2.36. The number of methoxy groups -OCH3 is 1. The summed E-state index contributed by atoms with van der Waals surface area (Å²) in [7, 11) is -4.40. The fraction of sp³-hybridized carbons (Fsp3) is 0.333. The Balaban J connectivity index is 0.000000331. The number of hydrogen-bond donors (Lipinski definition) is 0. The number of rotatable bonds is 2. The molecular formula is C9H10F3IO4S. The van der Waals surface area contributed by atoms with E-state index in [4.69, 9.17) is 17.7 Å². The van der Waals surface area contributed by atoms with Crippen molar-refractivity contribution in [1.82, 2.24) is 0 Å². The van der Waals surface area contributed by atoms with Crippen molar-refractivity contribution in [2.45, 2.75) is 5.51 Å². The fourth-order valence-electron chi connectivity index (χ4n) is 0.697. The molecule has 0 aliphatic rings. The topological polar surface area (TPSA) is 66.4 Å². The molecule has 0 spiro atoms. The Bertz CT molecular complexity index is 433. The number of ether oxygens (including phenoxy) is 1. The SMILES string of the molecule is COc1ccc([I+]C)cc1.O=S(=O)([O-])C(F)(F)F. The van der Waals surface area contributed by atoms with Gasteiger partial charge in [0.2, 0.25) is 0 Å². The molecule has 0 fully saturated rings. The predicted molar refractivity (Wildman–Crippen MR) is 53.4 cm³/mol. The minimum atomic E-state index is -6.09. The summed E-state index contributed by atoms with van der Waals surface area (Å²) in [6, 6.07) is 8.29. The lowest BCUT2D eigenvalue weighted by Gasteiger charge is -2.08. The van der Waals surface area contributed by atoms with Gasteiger partial charge in [0.15, 0.2) is 13.7 Å². The van der Waals surface area contributed by atoms with E-state index in [-0.39, 0.29) is 21.2 Å². The van der Waals surface area contributed by atoms with Gasteiger partial charge in [0, 0.05) is 0 Å². The number of halogens is 4. The van der Waals surface area contributed by atoms with Gasteiger partial charge in [-0.2, -0.15) is 13.2 Å². The Hall–Kier alpha value is -0.550. The molecule has 0 radical (unpaired) electrons. The number of hydrogen-bond acceptors (Lipinski definition) is 4. The molecule has 18 heavy (non-hydrogen) atoms. The first-order valence-electron chi connectivity index (χ1n) is 4.27.